The molecule has 0 aromatic rings. The van der Waals surface area contributed by atoms with Gasteiger partial charge in [0.1, 0.15) is 0 Å². The molecule has 0 aromatic heterocycles. The highest BCUT2D eigenvalue weighted by atomic mass is 16.3. The van der Waals surface area contributed by atoms with Gasteiger partial charge >= 0.3 is 0 Å². The summed E-state index contributed by atoms with van der Waals surface area (Å²) in [6.45, 7) is 13.3. The predicted molar refractivity (Wildman–Crippen MR) is 66.7 cm³/mol. The van der Waals surface area contributed by atoms with Crippen LogP contribution in [-0.2, 0) is 0 Å². The first-order valence-electron chi connectivity index (χ1n) is 6.50. The Bertz CT molecular complexity index is 135. The Morgan fingerprint density at radius 1 is 1.27 bits per heavy atom. The van der Waals surface area contributed by atoms with E-state index in [-0.39, 0.29) is 6.73 Å². The van der Waals surface area contributed by atoms with Crippen molar-refractivity contribution in [1.29, 1.82) is 0 Å². The smallest absolute Gasteiger partial charge is 0.0956 e. The zero-order valence-corrected chi connectivity index (χ0v) is 11.2. The molecular weight excluding hydrogens is 186 g/mol. The standard InChI is InChI=1S/C11H23NO.C2H6/c1-4-10-5-11(9(2)3)7-12(6-10)8-13;1-2/h9-11,13H,4-8H2,1-3H3;1-2H3. The average molecular weight is 215 g/mol. The number of rotatable bonds is 3. The molecule has 1 aliphatic rings. The molecule has 2 nitrogen and oxygen atoms in total. The highest BCUT2D eigenvalue weighted by molar-refractivity contribution is 4.78. The number of likely N-dealkylation sites (tertiary alicyclic amines) is 1. The molecule has 0 bridgehead atoms. The Morgan fingerprint density at radius 2 is 1.87 bits per heavy atom. The second-order valence-corrected chi connectivity index (χ2v) is 4.69. The molecule has 0 amide bonds. The van der Waals surface area contributed by atoms with Gasteiger partial charge in [-0.2, -0.15) is 0 Å². The molecule has 2 atom stereocenters. The first kappa shape index (κ1) is 14.9. The zero-order chi connectivity index (χ0) is 11.8. The fourth-order valence-corrected chi connectivity index (χ4v) is 2.24. The van der Waals surface area contributed by atoms with Crippen LogP contribution >= 0.6 is 0 Å². The third-order valence-electron chi connectivity index (χ3n) is 3.37. The van der Waals surface area contributed by atoms with Crippen molar-refractivity contribution in [3.8, 4) is 0 Å². The summed E-state index contributed by atoms with van der Waals surface area (Å²) in [6, 6.07) is 0. The van der Waals surface area contributed by atoms with Crippen molar-refractivity contribution in [3.63, 3.8) is 0 Å². The first-order valence-corrected chi connectivity index (χ1v) is 6.50. The van der Waals surface area contributed by atoms with E-state index >= 15 is 0 Å². The predicted octanol–water partition coefficient (Wildman–Crippen LogP) is 2.97. The van der Waals surface area contributed by atoms with Gasteiger partial charge in [0.05, 0.1) is 6.73 Å². The minimum atomic E-state index is 0.236. The van der Waals surface area contributed by atoms with Gasteiger partial charge in [0, 0.05) is 13.1 Å². The Balaban J connectivity index is 0.000000921. The maximum absolute atomic E-state index is 9.13. The van der Waals surface area contributed by atoms with E-state index in [1.807, 2.05) is 13.8 Å². The third kappa shape index (κ3) is 4.98. The van der Waals surface area contributed by atoms with Crippen molar-refractivity contribution >= 4 is 0 Å². The number of nitrogens with zero attached hydrogens (tertiary/aromatic N) is 1. The maximum Gasteiger partial charge on any atom is 0.0956 e. The maximum atomic E-state index is 9.13. The minimum Gasteiger partial charge on any atom is -0.381 e. The number of piperidine rings is 1. The van der Waals surface area contributed by atoms with Gasteiger partial charge in [-0.15, -0.1) is 0 Å². The van der Waals surface area contributed by atoms with Crippen LogP contribution < -0.4 is 0 Å². The summed E-state index contributed by atoms with van der Waals surface area (Å²) in [5.74, 6) is 2.34. The van der Waals surface area contributed by atoms with E-state index in [1.165, 1.54) is 12.8 Å². The molecule has 1 heterocycles. The summed E-state index contributed by atoms with van der Waals surface area (Å²) in [5.41, 5.74) is 0. The highest BCUT2D eigenvalue weighted by Crippen LogP contribution is 2.28. The SMILES string of the molecule is CC.CCC1CC(C(C)C)CN(CO)C1. The van der Waals surface area contributed by atoms with Crippen LogP contribution in [0.25, 0.3) is 0 Å². The van der Waals surface area contributed by atoms with Crippen molar-refractivity contribution < 1.29 is 5.11 Å². The van der Waals surface area contributed by atoms with E-state index in [0.717, 1.165) is 30.8 Å². The van der Waals surface area contributed by atoms with Crippen LogP contribution in [0.3, 0.4) is 0 Å². The molecule has 0 spiro atoms. The lowest BCUT2D eigenvalue weighted by molar-refractivity contribution is 0.0279. The second kappa shape index (κ2) is 8.12. The summed E-state index contributed by atoms with van der Waals surface area (Å²) in [5, 5.41) is 9.13. The number of hydrogen-bond acceptors (Lipinski definition) is 2. The summed E-state index contributed by atoms with van der Waals surface area (Å²) < 4.78 is 0. The van der Waals surface area contributed by atoms with E-state index in [4.69, 9.17) is 5.11 Å². The van der Waals surface area contributed by atoms with E-state index in [0.29, 0.717) is 0 Å². The third-order valence-corrected chi connectivity index (χ3v) is 3.37. The lowest BCUT2D eigenvalue weighted by Crippen LogP contribution is -2.42. The van der Waals surface area contributed by atoms with Gasteiger partial charge < -0.3 is 5.11 Å². The van der Waals surface area contributed by atoms with Crippen LogP contribution in [0.15, 0.2) is 0 Å². The fourth-order valence-electron chi connectivity index (χ4n) is 2.24. The zero-order valence-electron chi connectivity index (χ0n) is 11.2. The molecule has 2 unspecified atom stereocenters. The van der Waals surface area contributed by atoms with Crippen LogP contribution in [0, 0.1) is 17.8 Å². The highest BCUT2D eigenvalue weighted by Gasteiger charge is 2.27. The quantitative estimate of drug-likeness (QED) is 0.782. The Morgan fingerprint density at radius 3 is 2.27 bits per heavy atom. The normalized spacial score (nSPS) is 27.4. The molecule has 1 N–H and O–H groups in total. The summed E-state index contributed by atoms with van der Waals surface area (Å²) in [7, 11) is 0. The van der Waals surface area contributed by atoms with Gasteiger partial charge in [-0.05, 0) is 24.2 Å². The summed E-state index contributed by atoms with van der Waals surface area (Å²) >= 11 is 0. The van der Waals surface area contributed by atoms with Crippen molar-refractivity contribution in [1.82, 2.24) is 4.90 Å². The largest absolute Gasteiger partial charge is 0.381 e. The molecule has 1 saturated heterocycles. The van der Waals surface area contributed by atoms with Crippen molar-refractivity contribution in [2.75, 3.05) is 19.8 Å². The van der Waals surface area contributed by atoms with Gasteiger partial charge in [0.2, 0.25) is 0 Å². The molecule has 1 rings (SSSR count). The van der Waals surface area contributed by atoms with Crippen molar-refractivity contribution in [3.05, 3.63) is 0 Å². The van der Waals surface area contributed by atoms with Crippen molar-refractivity contribution in [2.45, 2.75) is 47.5 Å². The summed E-state index contributed by atoms with van der Waals surface area (Å²) in [4.78, 5) is 2.18. The van der Waals surface area contributed by atoms with Gasteiger partial charge in [0.25, 0.3) is 0 Å². The molecule has 0 saturated carbocycles. The lowest BCUT2D eigenvalue weighted by atomic mass is 9.81. The van der Waals surface area contributed by atoms with Gasteiger partial charge in [-0.1, -0.05) is 41.0 Å². The Labute approximate surface area is 95.7 Å². The molecule has 0 aromatic carbocycles. The van der Waals surface area contributed by atoms with E-state index in [2.05, 4.69) is 25.7 Å². The minimum absolute atomic E-state index is 0.236. The average Bonchev–Trinajstić information content (AvgIpc) is 2.30. The molecule has 92 valence electrons. The number of aliphatic hydroxyl groups excluding tert-OH is 1. The van der Waals surface area contributed by atoms with Crippen LogP contribution in [0.2, 0.25) is 0 Å². The summed E-state index contributed by atoms with van der Waals surface area (Å²) in [6.07, 6.45) is 2.60. The van der Waals surface area contributed by atoms with Crippen LogP contribution in [0.5, 0.6) is 0 Å². The van der Waals surface area contributed by atoms with E-state index in [1.54, 1.807) is 0 Å². The molecule has 0 radical (unpaired) electrons. The molecule has 1 aliphatic heterocycles. The molecule has 2 heteroatoms. The monoisotopic (exact) mass is 215 g/mol. The number of aliphatic hydroxyl groups is 1. The van der Waals surface area contributed by atoms with E-state index < -0.39 is 0 Å². The van der Waals surface area contributed by atoms with Gasteiger partial charge in [-0.3, -0.25) is 4.90 Å². The van der Waals surface area contributed by atoms with E-state index in [9.17, 15) is 0 Å². The molecule has 0 aliphatic carbocycles. The second-order valence-electron chi connectivity index (χ2n) is 4.69. The van der Waals surface area contributed by atoms with Gasteiger partial charge in [-0.25, -0.2) is 0 Å². The first-order chi connectivity index (χ1) is 7.17. The molecular formula is C13H29NO. The van der Waals surface area contributed by atoms with Gasteiger partial charge in [0.15, 0.2) is 0 Å². The van der Waals surface area contributed by atoms with Crippen LogP contribution in [0.4, 0.5) is 0 Å². The topological polar surface area (TPSA) is 23.5 Å². The Hall–Kier alpha value is -0.0800. The van der Waals surface area contributed by atoms with Crippen LogP contribution in [-0.4, -0.2) is 29.8 Å². The fraction of sp³-hybridized carbons (Fsp3) is 1.00. The van der Waals surface area contributed by atoms with Crippen LogP contribution in [0.1, 0.15) is 47.5 Å². The molecule has 15 heavy (non-hydrogen) atoms. The number of hydrogen-bond donors (Lipinski definition) is 1. The lowest BCUT2D eigenvalue weighted by Gasteiger charge is -2.38. The van der Waals surface area contributed by atoms with Crippen molar-refractivity contribution in [2.24, 2.45) is 17.8 Å². The molecule has 1 fully saturated rings. The Kier molecular flexibility index (Phi) is 8.07.